The van der Waals surface area contributed by atoms with Crippen LogP contribution >= 0.6 is 11.6 Å². The fourth-order valence-electron chi connectivity index (χ4n) is 2.43. The van der Waals surface area contributed by atoms with Crippen molar-refractivity contribution in [2.75, 3.05) is 0 Å². The summed E-state index contributed by atoms with van der Waals surface area (Å²) >= 11 is 5.78. The molecule has 0 bridgehead atoms. The molecule has 25 heavy (non-hydrogen) atoms. The summed E-state index contributed by atoms with van der Waals surface area (Å²) < 4.78 is 40.5. The smallest absolute Gasteiger partial charge is 0.362 e. The number of nitrogens with zero attached hydrogens (tertiary/aromatic N) is 3. The summed E-state index contributed by atoms with van der Waals surface area (Å²) in [5.74, 6) is -1.11. The summed E-state index contributed by atoms with van der Waals surface area (Å²) in [5, 5.41) is 14.2. The van der Waals surface area contributed by atoms with Gasteiger partial charge in [-0.15, -0.1) is 0 Å². The number of amides is 1. The van der Waals surface area contributed by atoms with Crippen molar-refractivity contribution >= 4 is 23.2 Å². The number of hydrogen-bond donors (Lipinski definition) is 1. The maximum absolute atomic E-state index is 13.5. The molecular weight excluding hydrogens is 359 g/mol. The number of aromatic nitrogens is 1. The number of rotatable bonds is 2. The zero-order valence-electron chi connectivity index (χ0n) is 12.5. The Balaban J connectivity index is 2.06. The molecule has 0 fully saturated rings. The van der Waals surface area contributed by atoms with Gasteiger partial charge in [0.1, 0.15) is 0 Å². The fourth-order valence-corrected chi connectivity index (χ4v) is 2.62. The first kappa shape index (κ1) is 17.4. The van der Waals surface area contributed by atoms with Crippen molar-refractivity contribution < 1.29 is 23.1 Å². The van der Waals surface area contributed by atoms with Crippen LogP contribution in [-0.4, -0.2) is 38.6 Å². The van der Waals surface area contributed by atoms with Gasteiger partial charge >= 0.3 is 6.18 Å². The van der Waals surface area contributed by atoms with E-state index in [1.807, 2.05) is 0 Å². The highest BCUT2D eigenvalue weighted by atomic mass is 35.5. The molecule has 1 aliphatic heterocycles. The molecule has 0 saturated carbocycles. The maximum Gasteiger partial charge on any atom is 0.438 e. The molecule has 0 spiro atoms. The second kappa shape index (κ2) is 6.12. The molecule has 3 rings (SSSR count). The fraction of sp³-hybridized carbons (Fsp3) is 0.188. The highest BCUT2D eigenvalue weighted by Gasteiger charge is 2.63. The second-order valence-corrected chi connectivity index (χ2v) is 5.84. The van der Waals surface area contributed by atoms with Crippen molar-refractivity contribution in [3.8, 4) is 0 Å². The van der Waals surface area contributed by atoms with E-state index in [4.69, 9.17) is 11.6 Å². The van der Waals surface area contributed by atoms with Gasteiger partial charge in [-0.2, -0.15) is 23.3 Å². The molecular formula is C16H11ClF3N3O2. The predicted molar refractivity (Wildman–Crippen MR) is 84.0 cm³/mol. The van der Waals surface area contributed by atoms with E-state index in [0.29, 0.717) is 5.56 Å². The summed E-state index contributed by atoms with van der Waals surface area (Å²) in [6, 6.07) is 8.30. The number of pyridine rings is 1. The van der Waals surface area contributed by atoms with Crippen molar-refractivity contribution in [2.45, 2.75) is 18.3 Å². The molecule has 1 aliphatic rings. The van der Waals surface area contributed by atoms with Crippen molar-refractivity contribution in [3.63, 3.8) is 0 Å². The van der Waals surface area contributed by atoms with Crippen LogP contribution in [0, 0.1) is 0 Å². The number of halogens is 4. The summed E-state index contributed by atoms with van der Waals surface area (Å²) in [7, 11) is 0. The molecule has 0 saturated heterocycles. The lowest BCUT2D eigenvalue weighted by atomic mass is 10.0. The average Bonchev–Trinajstić information content (AvgIpc) is 2.94. The van der Waals surface area contributed by atoms with Crippen LogP contribution in [0.4, 0.5) is 13.2 Å². The molecule has 1 amide bonds. The summed E-state index contributed by atoms with van der Waals surface area (Å²) in [6.45, 7) is 0. The number of benzene rings is 1. The molecule has 1 aromatic carbocycles. The van der Waals surface area contributed by atoms with E-state index in [0.717, 1.165) is 0 Å². The zero-order chi connectivity index (χ0) is 18.2. The van der Waals surface area contributed by atoms with Crippen LogP contribution in [0.25, 0.3) is 0 Å². The Kier molecular flexibility index (Phi) is 4.26. The van der Waals surface area contributed by atoms with Crippen LogP contribution in [0.5, 0.6) is 0 Å². The van der Waals surface area contributed by atoms with E-state index < -0.39 is 24.2 Å². The molecule has 1 atom stereocenters. The Morgan fingerprint density at radius 3 is 2.52 bits per heavy atom. The summed E-state index contributed by atoms with van der Waals surface area (Å²) in [4.78, 5) is 16.3. The third-order valence-electron chi connectivity index (χ3n) is 3.72. The van der Waals surface area contributed by atoms with Gasteiger partial charge in [-0.25, -0.2) is 0 Å². The molecule has 0 aliphatic carbocycles. The molecule has 130 valence electrons. The number of alkyl halides is 3. The van der Waals surface area contributed by atoms with E-state index in [1.165, 1.54) is 48.8 Å². The number of aliphatic hydroxyl groups is 1. The second-order valence-electron chi connectivity index (χ2n) is 5.40. The standard InChI is InChI=1S/C16H11ClF3N3O2/c17-12-3-1-2-11(8-12)14(24)23-15(25,16(18,19)20)9-13(22-23)10-4-6-21-7-5-10/h1-8,25H,9H2/t15-/m1/s1. The van der Waals surface area contributed by atoms with Gasteiger partial charge in [-0.3, -0.25) is 9.78 Å². The first-order valence-electron chi connectivity index (χ1n) is 7.09. The van der Waals surface area contributed by atoms with E-state index in [-0.39, 0.29) is 21.3 Å². The van der Waals surface area contributed by atoms with E-state index in [9.17, 15) is 23.1 Å². The largest absolute Gasteiger partial charge is 0.438 e. The monoisotopic (exact) mass is 369 g/mol. The minimum atomic E-state index is -5.10. The third kappa shape index (κ3) is 3.10. The summed E-state index contributed by atoms with van der Waals surface area (Å²) in [5.41, 5.74) is -3.29. The predicted octanol–water partition coefficient (Wildman–Crippen LogP) is 3.24. The van der Waals surface area contributed by atoms with Crippen LogP contribution in [0.1, 0.15) is 22.3 Å². The van der Waals surface area contributed by atoms with Crippen molar-refractivity contribution in [2.24, 2.45) is 5.10 Å². The third-order valence-corrected chi connectivity index (χ3v) is 3.95. The average molecular weight is 370 g/mol. The Labute approximate surface area is 145 Å². The molecule has 2 aromatic rings. The van der Waals surface area contributed by atoms with Gasteiger partial charge in [0.25, 0.3) is 11.6 Å². The Bertz CT molecular complexity index is 842. The Hall–Kier alpha value is -2.45. The lowest BCUT2D eigenvalue weighted by molar-refractivity contribution is -0.297. The van der Waals surface area contributed by atoms with E-state index in [1.54, 1.807) is 0 Å². The molecule has 0 unspecified atom stereocenters. The van der Waals surface area contributed by atoms with Crippen LogP contribution in [0.2, 0.25) is 5.02 Å². The normalized spacial score (nSPS) is 20.5. The van der Waals surface area contributed by atoms with Gasteiger partial charge in [0.15, 0.2) is 0 Å². The van der Waals surface area contributed by atoms with Crippen molar-refractivity contribution in [1.29, 1.82) is 0 Å². The van der Waals surface area contributed by atoms with Crippen LogP contribution in [0.15, 0.2) is 53.9 Å². The number of carbonyl (C=O) groups is 1. The van der Waals surface area contributed by atoms with Crippen LogP contribution in [0.3, 0.4) is 0 Å². The topological polar surface area (TPSA) is 65.8 Å². The van der Waals surface area contributed by atoms with E-state index in [2.05, 4.69) is 10.1 Å². The lowest BCUT2D eigenvalue weighted by Crippen LogP contribution is -2.56. The zero-order valence-corrected chi connectivity index (χ0v) is 13.3. The molecule has 5 nitrogen and oxygen atoms in total. The first-order chi connectivity index (χ1) is 11.7. The van der Waals surface area contributed by atoms with Gasteiger partial charge in [0.05, 0.1) is 12.1 Å². The van der Waals surface area contributed by atoms with Gasteiger partial charge < -0.3 is 5.11 Å². The maximum atomic E-state index is 13.5. The Morgan fingerprint density at radius 1 is 1.24 bits per heavy atom. The number of carbonyl (C=O) groups excluding carboxylic acids is 1. The molecule has 0 radical (unpaired) electrons. The van der Waals surface area contributed by atoms with Crippen molar-refractivity contribution in [1.82, 2.24) is 9.99 Å². The van der Waals surface area contributed by atoms with Gasteiger partial charge in [-0.1, -0.05) is 17.7 Å². The first-order valence-corrected chi connectivity index (χ1v) is 7.47. The van der Waals surface area contributed by atoms with Gasteiger partial charge in [-0.05, 0) is 30.3 Å². The quantitative estimate of drug-likeness (QED) is 0.883. The van der Waals surface area contributed by atoms with Gasteiger partial charge in [0.2, 0.25) is 0 Å². The Morgan fingerprint density at radius 2 is 1.92 bits per heavy atom. The van der Waals surface area contributed by atoms with E-state index >= 15 is 0 Å². The van der Waals surface area contributed by atoms with Gasteiger partial charge in [0, 0.05) is 28.5 Å². The highest BCUT2D eigenvalue weighted by Crippen LogP contribution is 2.42. The lowest BCUT2D eigenvalue weighted by Gasteiger charge is -2.32. The minimum Gasteiger partial charge on any atom is -0.362 e. The van der Waals surface area contributed by atoms with Crippen LogP contribution < -0.4 is 0 Å². The highest BCUT2D eigenvalue weighted by molar-refractivity contribution is 6.31. The number of hydrazone groups is 1. The molecule has 1 aromatic heterocycles. The number of hydrogen-bond acceptors (Lipinski definition) is 4. The SMILES string of the molecule is O=C(c1cccc(Cl)c1)N1N=C(c2ccncc2)C[C@@]1(O)C(F)(F)F. The summed E-state index contributed by atoms with van der Waals surface area (Å²) in [6.07, 6.45) is -3.22. The minimum absolute atomic E-state index is 0.0639. The molecule has 9 heteroatoms. The van der Waals surface area contributed by atoms with Crippen LogP contribution in [-0.2, 0) is 0 Å². The molecule has 2 heterocycles. The van der Waals surface area contributed by atoms with Crippen molar-refractivity contribution in [3.05, 3.63) is 64.9 Å². The molecule has 1 N–H and O–H groups in total.